The van der Waals surface area contributed by atoms with E-state index < -0.39 is 11.0 Å². The monoisotopic (exact) mass is 530 g/mol. The molecule has 10 nitrogen and oxygen atoms in total. The molecule has 2 amide bonds. The van der Waals surface area contributed by atoms with Crippen LogP contribution in [0, 0.1) is 10.1 Å². The SMILES string of the molecule is NCCNC(=O)[C@H]1CC(N(CCc2ccccc2)Cc2ccc([N+](=O)[O-])cc2)CCN1C(=O)c1cccnc1. The molecule has 0 saturated carbocycles. The first-order valence-electron chi connectivity index (χ1n) is 13.2. The van der Waals surface area contributed by atoms with Gasteiger partial charge in [0.1, 0.15) is 6.04 Å². The van der Waals surface area contributed by atoms with Crippen molar-refractivity contribution in [2.45, 2.75) is 37.9 Å². The summed E-state index contributed by atoms with van der Waals surface area (Å²) in [4.78, 5) is 45.4. The summed E-state index contributed by atoms with van der Waals surface area (Å²) in [6, 6.07) is 19.5. The van der Waals surface area contributed by atoms with Crippen LogP contribution in [0.15, 0.2) is 79.1 Å². The number of nitrogens with zero attached hydrogens (tertiary/aromatic N) is 4. The van der Waals surface area contributed by atoms with Crippen LogP contribution in [0.5, 0.6) is 0 Å². The van der Waals surface area contributed by atoms with Gasteiger partial charge in [-0.2, -0.15) is 0 Å². The molecule has 0 radical (unpaired) electrons. The largest absolute Gasteiger partial charge is 0.353 e. The molecule has 0 bridgehead atoms. The average Bonchev–Trinajstić information content (AvgIpc) is 2.98. The normalized spacial score (nSPS) is 17.1. The van der Waals surface area contributed by atoms with Gasteiger partial charge in [-0.05, 0) is 42.5 Å². The molecule has 2 heterocycles. The van der Waals surface area contributed by atoms with E-state index in [4.69, 9.17) is 5.73 Å². The summed E-state index contributed by atoms with van der Waals surface area (Å²) in [5.74, 6) is -0.443. The maximum absolute atomic E-state index is 13.4. The van der Waals surface area contributed by atoms with Crippen molar-refractivity contribution in [3.63, 3.8) is 0 Å². The number of nitro groups is 1. The second-order valence-electron chi connectivity index (χ2n) is 9.64. The standard InChI is InChI=1S/C29H34N6O4/c30-14-16-32-28(36)27-19-26(13-18-34(27)29(37)24-7-4-15-31-20-24)33(17-12-22-5-2-1-3-6-22)21-23-8-10-25(11-9-23)35(38)39/h1-11,15,20,26-27H,12-14,16-19,21,30H2,(H,32,36)/t26?,27-/m1/s1. The Morgan fingerprint density at radius 3 is 2.51 bits per heavy atom. The maximum Gasteiger partial charge on any atom is 0.269 e. The smallest absolute Gasteiger partial charge is 0.269 e. The molecule has 4 rings (SSSR count). The fourth-order valence-corrected chi connectivity index (χ4v) is 5.00. The minimum Gasteiger partial charge on any atom is -0.353 e. The van der Waals surface area contributed by atoms with E-state index in [9.17, 15) is 19.7 Å². The third-order valence-corrected chi connectivity index (χ3v) is 7.07. The highest BCUT2D eigenvalue weighted by Crippen LogP contribution is 2.26. The van der Waals surface area contributed by atoms with E-state index in [1.807, 2.05) is 18.2 Å². The third-order valence-electron chi connectivity index (χ3n) is 7.07. The lowest BCUT2D eigenvalue weighted by Gasteiger charge is -2.43. The van der Waals surface area contributed by atoms with E-state index in [1.54, 1.807) is 35.4 Å². The molecule has 2 aromatic carbocycles. The number of amides is 2. The van der Waals surface area contributed by atoms with Crippen molar-refractivity contribution in [3.05, 3.63) is 106 Å². The first kappa shape index (κ1) is 27.9. The molecule has 1 unspecified atom stereocenters. The van der Waals surface area contributed by atoms with Crippen LogP contribution in [-0.2, 0) is 17.8 Å². The fourth-order valence-electron chi connectivity index (χ4n) is 5.00. The summed E-state index contributed by atoms with van der Waals surface area (Å²) in [5, 5.41) is 14.0. The lowest BCUT2D eigenvalue weighted by molar-refractivity contribution is -0.384. The zero-order valence-corrected chi connectivity index (χ0v) is 21.8. The predicted octanol–water partition coefficient (Wildman–Crippen LogP) is 2.78. The van der Waals surface area contributed by atoms with Crippen LogP contribution >= 0.6 is 0 Å². The molecule has 3 aromatic rings. The van der Waals surface area contributed by atoms with Crippen molar-refractivity contribution in [1.29, 1.82) is 0 Å². The number of aromatic nitrogens is 1. The van der Waals surface area contributed by atoms with Crippen LogP contribution in [0.1, 0.15) is 34.3 Å². The zero-order chi connectivity index (χ0) is 27.6. The number of carbonyl (C=O) groups is 2. The Kier molecular flexibility index (Phi) is 9.71. The Bertz CT molecular complexity index is 1240. The average molecular weight is 531 g/mol. The molecule has 204 valence electrons. The topological polar surface area (TPSA) is 135 Å². The van der Waals surface area contributed by atoms with Gasteiger partial charge in [0.05, 0.1) is 10.5 Å². The number of nitrogens with one attached hydrogen (secondary N) is 1. The van der Waals surface area contributed by atoms with Gasteiger partial charge in [0.15, 0.2) is 0 Å². The van der Waals surface area contributed by atoms with Gasteiger partial charge in [-0.25, -0.2) is 0 Å². The number of piperidine rings is 1. The Morgan fingerprint density at radius 2 is 1.85 bits per heavy atom. The molecule has 10 heteroatoms. The fraction of sp³-hybridized carbons (Fsp3) is 0.345. The van der Waals surface area contributed by atoms with E-state index in [1.165, 1.54) is 23.9 Å². The van der Waals surface area contributed by atoms with Crippen molar-refractivity contribution < 1.29 is 14.5 Å². The summed E-state index contributed by atoms with van der Waals surface area (Å²) in [5.41, 5.74) is 8.27. The predicted molar refractivity (Wildman–Crippen MR) is 148 cm³/mol. The molecular formula is C29H34N6O4. The third kappa shape index (κ3) is 7.46. The molecule has 39 heavy (non-hydrogen) atoms. The van der Waals surface area contributed by atoms with Gasteiger partial charge in [-0.3, -0.25) is 29.6 Å². The van der Waals surface area contributed by atoms with Crippen LogP contribution in [0.3, 0.4) is 0 Å². The van der Waals surface area contributed by atoms with Crippen LogP contribution in [0.25, 0.3) is 0 Å². The number of hydrogen-bond acceptors (Lipinski definition) is 7. The van der Waals surface area contributed by atoms with Crippen molar-refractivity contribution >= 4 is 17.5 Å². The zero-order valence-electron chi connectivity index (χ0n) is 21.8. The summed E-state index contributed by atoms with van der Waals surface area (Å²) in [6.07, 6.45) is 5.09. The summed E-state index contributed by atoms with van der Waals surface area (Å²) in [6.45, 7) is 2.36. The van der Waals surface area contributed by atoms with E-state index in [2.05, 4.69) is 27.3 Å². The van der Waals surface area contributed by atoms with Crippen molar-refractivity contribution in [2.24, 2.45) is 5.73 Å². The maximum atomic E-state index is 13.4. The summed E-state index contributed by atoms with van der Waals surface area (Å²) >= 11 is 0. The van der Waals surface area contributed by atoms with Crippen molar-refractivity contribution in [2.75, 3.05) is 26.2 Å². The quantitative estimate of drug-likeness (QED) is 0.287. The van der Waals surface area contributed by atoms with Gasteiger partial charge in [0, 0.05) is 63.3 Å². The highest BCUT2D eigenvalue weighted by molar-refractivity contribution is 5.97. The van der Waals surface area contributed by atoms with E-state index in [0.717, 1.165) is 18.5 Å². The Balaban J connectivity index is 1.56. The van der Waals surface area contributed by atoms with Gasteiger partial charge in [-0.15, -0.1) is 0 Å². The molecule has 1 aromatic heterocycles. The number of nitrogens with two attached hydrogens (primary N) is 1. The summed E-state index contributed by atoms with van der Waals surface area (Å²) < 4.78 is 0. The second kappa shape index (κ2) is 13.6. The molecule has 0 aliphatic carbocycles. The number of benzene rings is 2. The van der Waals surface area contributed by atoms with Crippen LogP contribution in [0.2, 0.25) is 0 Å². The van der Waals surface area contributed by atoms with Crippen molar-refractivity contribution in [1.82, 2.24) is 20.1 Å². The first-order valence-corrected chi connectivity index (χ1v) is 13.2. The molecule has 1 saturated heterocycles. The van der Waals surface area contributed by atoms with Gasteiger partial charge in [0.25, 0.3) is 11.6 Å². The van der Waals surface area contributed by atoms with Crippen LogP contribution in [-0.4, -0.2) is 69.8 Å². The van der Waals surface area contributed by atoms with Gasteiger partial charge in [-0.1, -0.05) is 42.5 Å². The number of nitro benzene ring substituents is 1. The number of non-ortho nitro benzene ring substituents is 1. The molecule has 3 N–H and O–H groups in total. The molecule has 1 aliphatic heterocycles. The number of likely N-dealkylation sites (tertiary alicyclic amines) is 1. The number of carbonyl (C=O) groups excluding carboxylic acids is 2. The van der Waals surface area contributed by atoms with Crippen LogP contribution < -0.4 is 11.1 Å². The Hall–Kier alpha value is -4.15. The molecular weight excluding hydrogens is 496 g/mol. The van der Waals surface area contributed by atoms with E-state index in [-0.39, 0.29) is 23.5 Å². The van der Waals surface area contributed by atoms with Gasteiger partial charge in [0.2, 0.25) is 5.91 Å². The lowest BCUT2D eigenvalue weighted by atomic mass is 9.93. The van der Waals surface area contributed by atoms with E-state index >= 15 is 0 Å². The molecule has 2 atom stereocenters. The lowest BCUT2D eigenvalue weighted by Crippen LogP contribution is -2.57. The minimum absolute atomic E-state index is 0.0236. The molecule has 1 aliphatic rings. The highest BCUT2D eigenvalue weighted by Gasteiger charge is 2.38. The molecule has 0 spiro atoms. The number of hydrogen-bond donors (Lipinski definition) is 2. The summed E-state index contributed by atoms with van der Waals surface area (Å²) in [7, 11) is 0. The van der Waals surface area contributed by atoms with E-state index in [0.29, 0.717) is 44.6 Å². The first-order chi connectivity index (χ1) is 19.0. The molecule has 1 fully saturated rings. The van der Waals surface area contributed by atoms with Crippen molar-refractivity contribution in [3.8, 4) is 0 Å². The minimum atomic E-state index is -0.654. The van der Waals surface area contributed by atoms with Gasteiger partial charge >= 0.3 is 0 Å². The number of pyridine rings is 1. The second-order valence-corrected chi connectivity index (χ2v) is 9.64. The Morgan fingerprint density at radius 1 is 1.08 bits per heavy atom. The van der Waals surface area contributed by atoms with Gasteiger partial charge < -0.3 is 16.0 Å². The number of rotatable bonds is 11. The van der Waals surface area contributed by atoms with Crippen LogP contribution in [0.4, 0.5) is 5.69 Å². The highest BCUT2D eigenvalue weighted by atomic mass is 16.6. The Labute approximate surface area is 228 Å².